The molecular formula is C13H21NO2. The van der Waals surface area contributed by atoms with Crippen LogP contribution in [0.1, 0.15) is 25.8 Å². The van der Waals surface area contributed by atoms with Crippen molar-refractivity contribution in [1.29, 1.82) is 0 Å². The Hall–Kier alpha value is -0.800. The van der Waals surface area contributed by atoms with E-state index < -0.39 is 0 Å². The van der Waals surface area contributed by atoms with Gasteiger partial charge in [0, 0.05) is 24.6 Å². The highest BCUT2D eigenvalue weighted by molar-refractivity contribution is 5.10. The second-order valence-corrected chi connectivity index (χ2v) is 5.15. The van der Waals surface area contributed by atoms with E-state index in [2.05, 4.69) is 25.2 Å². The summed E-state index contributed by atoms with van der Waals surface area (Å²) in [4.78, 5) is 0. The Labute approximate surface area is 97.2 Å². The molecule has 0 saturated carbocycles. The third-order valence-electron chi connectivity index (χ3n) is 3.23. The molecule has 0 radical (unpaired) electrons. The first-order valence-electron chi connectivity index (χ1n) is 6.02. The van der Waals surface area contributed by atoms with Gasteiger partial charge in [0.05, 0.1) is 19.1 Å². The van der Waals surface area contributed by atoms with E-state index in [0.717, 1.165) is 32.6 Å². The molecule has 90 valence electrons. The van der Waals surface area contributed by atoms with Gasteiger partial charge in [-0.15, -0.1) is 0 Å². The van der Waals surface area contributed by atoms with Crippen LogP contribution in [0.15, 0.2) is 23.0 Å². The minimum atomic E-state index is 0.258. The number of nitrogens with one attached hydrogen (secondary N) is 1. The zero-order chi connectivity index (χ0) is 11.4. The highest BCUT2D eigenvalue weighted by Gasteiger charge is 2.35. The standard InChI is InChI=1S/C13H21NO2/c1-11(2)14-9-13(4-6-16-10-13)7-12-3-5-15-8-12/h3,5,8,11,14H,4,6-7,9-10H2,1-2H3. The van der Waals surface area contributed by atoms with Crippen molar-refractivity contribution >= 4 is 0 Å². The smallest absolute Gasteiger partial charge is 0.0934 e. The van der Waals surface area contributed by atoms with Gasteiger partial charge in [-0.3, -0.25) is 0 Å². The lowest BCUT2D eigenvalue weighted by molar-refractivity contribution is 0.148. The summed E-state index contributed by atoms with van der Waals surface area (Å²) in [6.07, 6.45) is 5.77. The minimum Gasteiger partial charge on any atom is -0.472 e. The minimum absolute atomic E-state index is 0.258. The first-order valence-corrected chi connectivity index (χ1v) is 6.02. The number of hydrogen-bond donors (Lipinski definition) is 1. The molecule has 1 aliphatic rings. The van der Waals surface area contributed by atoms with Crippen LogP contribution in [0.5, 0.6) is 0 Å². The molecule has 2 heterocycles. The fourth-order valence-corrected chi connectivity index (χ4v) is 2.24. The average Bonchev–Trinajstić information content (AvgIpc) is 2.88. The molecule has 3 nitrogen and oxygen atoms in total. The largest absolute Gasteiger partial charge is 0.472 e. The van der Waals surface area contributed by atoms with Gasteiger partial charge in [-0.2, -0.15) is 0 Å². The normalized spacial score (nSPS) is 25.4. The van der Waals surface area contributed by atoms with Gasteiger partial charge in [0.2, 0.25) is 0 Å². The van der Waals surface area contributed by atoms with E-state index in [1.54, 1.807) is 6.26 Å². The lowest BCUT2D eigenvalue weighted by Crippen LogP contribution is -2.39. The van der Waals surface area contributed by atoms with E-state index in [1.807, 2.05) is 6.26 Å². The monoisotopic (exact) mass is 223 g/mol. The third kappa shape index (κ3) is 2.86. The van der Waals surface area contributed by atoms with Crippen LogP contribution in [0.4, 0.5) is 0 Å². The van der Waals surface area contributed by atoms with Gasteiger partial charge in [0.25, 0.3) is 0 Å². The maximum atomic E-state index is 5.57. The highest BCUT2D eigenvalue weighted by atomic mass is 16.5. The van der Waals surface area contributed by atoms with E-state index in [9.17, 15) is 0 Å². The number of furan rings is 1. The Morgan fingerprint density at radius 2 is 2.38 bits per heavy atom. The zero-order valence-electron chi connectivity index (χ0n) is 10.2. The molecule has 1 N–H and O–H groups in total. The molecule has 0 aliphatic carbocycles. The van der Waals surface area contributed by atoms with Crippen LogP contribution in [-0.2, 0) is 11.2 Å². The summed E-state index contributed by atoms with van der Waals surface area (Å²) in [7, 11) is 0. The maximum absolute atomic E-state index is 5.57. The van der Waals surface area contributed by atoms with Gasteiger partial charge in [0.15, 0.2) is 0 Å². The summed E-state index contributed by atoms with van der Waals surface area (Å²) in [6.45, 7) is 7.13. The molecule has 1 aliphatic heterocycles. The van der Waals surface area contributed by atoms with Crippen LogP contribution in [-0.4, -0.2) is 25.8 Å². The second-order valence-electron chi connectivity index (χ2n) is 5.15. The van der Waals surface area contributed by atoms with Gasteiger partial charge in [-0.25, -0.2) is 0 Å². The average molecular weight is 223 g/mol. The summed E-state index contributed by atoms with van der Waals surface area (Å²) >= 11 is 0. The molecule has 1 saturated heterocycles. The van der Waals surface area contributed by atoms with Crippen LogP contribution in [0.2, 0.25) is 0 Å². The molecule has 1 atom stereocenters. The van der Waals surface area contributed by atoms with E-state index in [1.165, 1.54) is 5.56 Å². The molecule has 3 heteroatoms. The quantitative estimate of drug-likeness (QED) is 0.831. The molecule has 2 rings (SSSR count). The molecule has 1 aromatic heterocycles. The van der Waals surface area contributed by atoms with Crippen molar-refractivity contribution in [3.05, 3.63) is 24.2 Å². The zero-order valence-corrected chi connectivity index (χ0v) is 10.2. The van der Waals surface area contributed by atoms with Crippen LogP contribution in [0.25, 0.3) is 0 Å². The fraction of sp³-hybridized carbons (Fsp3) is 0.692. The number of hydrogen-bond acceptors (Lipinski definition) is 3. The highest BCUT2D eigenvalue weighted by Crippen LogP contribution is 2.32. The summed E-state index contributed by atoms with van der Waals surface area (Å²) in [6, 6.07) is 2.58. The first-order chi connectivity index (χ1) is 7.70. The predicted molar refractivity (Wildman–Crippen MR) is 63.4 cm³/mol. The maximum Gasteiger partial charge on any atom is 0.0934 e. The van der Waals surface area contributed by atoms with Gasteiger partial charge in [0.1, 0.15) is 0 Å². The Morgan fingerprint density at radius 3 is 2.94 bits per heavy atom. The predicted octanol–water partition coefficient (Wildman–Crippen LogP) is 2.23. The molecule has 16 heavy (non-hydrogen) atoms. The lowest BCUT2D eigenvalue weighted by atomic mass is 9.81. The second kappa shape index (κ2) is 5.02. The van der Waals surface area contributed by atoms with Crippen molar-refractivity contribution in [2.45, 2.75) is 32.7 Å². The Bertz CT molecular complexity index is 300. The number of ether oxygens (including phenoxy) is 1. The van der Waals surface area contributed by atoms with Crippen molar-refractivity contribution in [1.82, 2.24) is 5.32 Å². The van der Waals surface area contributed by atoms with Crippen molar-refractivity contribution in [2.24, 2.45) is 5.41 Å². The van der Waals surface area contributed by atoms with E-state index >= 15 is 0 Å². The van der Waals surface area contributed by atoms with Crippen LogP contribution < -0.4 is 5.32 Å². The van der Waals surface area contributed by atoms with Gasteiger partial charge >= 0.3 is 0 Å². The summed E-state index contributed by atoms with van der Waals surface area (Å²) in [5.41, 5.74) is 1.53. The molecule has 1 fully saturated rings. The van der Waals surface area contributed by atoms with Gasteiger partial charge < -0.3 is 14.5 Å². The lowest BCUT2D eigenvalue weighted by Gasteiger charge is -2.28. The summed E-state index contributed by atoms with van der Waals surface area (Å²) in [5, 5.41) is 3.53. The topological polar surface area (TPSA) is 34.4 Å². The van der Waals surface area contributed by atoms with Crippen LogP contribution in [0.3, 0.4) is 0 Å². The molecule has 1 unspecified atom stereocenters. The van der Waals surface area contributed by atoms with Crippen LogP contribution >= 0.6 is 0 Å². The van der Waals surface area contributed by atoms with Crippen molar-refractivity contribution in [3.63, 3.8) is 0 Å². The third-order valence-corrected chi connectivity index (χ3v) is 3.23. The Balaban J connectivity index is 1.98. The Morgan fingerprint density at radius 1 is 1.50 bits per heavy atom. The summed E-state index contributed by atoms with van der Waals surface area (Å²) in [5.74, 6) is 0. The SMILES string of the molecule is CC(C)NCC1(Cc2ccoc2)CCOC1. The fourth-order valence-electron chi connectivity index (χ4n) is 2.24. The first kappa shape index (κ1) is 11.7. The van der Waals surface area contributed by atoms with Gasteiger partial charge in [-0.1, -0.05) is 13.8 Å². The molecule has 0 amide bonds. The number of rotatable bonds is 5. The summed E-state index contributed by atoms with van der Waals surface area (Å²) < 4.78 is 10.7. The van der Waals surface area contributed by atoms with Gasteiger partial charge in [-0.05, 0) is 24.5 Å². The molecule has 0 spiro atoms. The molecule has 0 aromatic carbocycles. The van der Waals surface area contributed by atoms with Crippen molar-refractivity contribution in [2.75, 3.05) is 19.8 Å². The van der Waals surface area contributed by atoms with E-state index in [-0.39, 0.29) is 5.41 Å². The molecular weight excluding hydrogens is 202 g/mol. The molecule has 1 aromatic rings. The van der Waals surface area contributed by atoms with Crippen molar-refractivity contribution in [3.8, 4) is 0 Å². The van der Waals surface area contributed by atoms with Crippen molar-refractivity contribution < 1.29 is 9.15 Å². The van der Waals surface area contributed by atoms with E-state index in [0.29, 0.717) is 6.04 Å². The Kier molecular flexibility index (Phi) is 3.66. The molecule has 0 bridgehead atoms. The van der Waals surface area contributed by atoms with Crippen LogP contribution in [0, 0.1) is 5.41 Å². The van der Waals surface area contributed by atoms with E-state index in [4.69, 9.17) is 9.15 Å².